The van der Waals surface area contributed by atoms with Gasteiger partial charge in [0, 0.05) is 23.6 Å². The SMILES string of the molecule is CC(N)=O.Cc1noc2c1-c1ccc(-c3ccc(C=O)cc3)cc1C(c1ccc(F)cc1)=NC2. The molecule has 170 valence electrons. The fraction of sp³-hybridized carbons (Fsp3) is 0.111. The Hall–Kier alpha value is -4.39. The van der Waals surface area contributed by atoms with Crippen LogP contribution < -0.4 is 5.73 Å². The van der Waals surface area contributed by atoms with Crippen LogP contribution in [0.5, 0.6) is 0 Å². The first kappa shape index (κ1) is 22.8. The van der Waals surface area contributed by atoms with Gasteiger partial charge in [0.2, 0.25) is 5.91 Å². The highest BCUT2D eigenvalue weighted by Crippen LogP contribution is 2.37. The van der Waals surface area contributed by atoms with Gasteiger partial charge in [0.15, 0.2) is 5.76 Å². The number of hydrogen-bond acceptors (Lipinski definition) is 5. The number of aldehydes is 1. The van der Waals surface area contributed by atoms with Gasteiger partial charge in [0.25, 0.3) is 0 Å². The summed E-state index contributed by atoms with van der Waals surface area (Å²) in [6, 6.07) is 20.0. The maximum absolute atomic E-state index is 13.5. The van der Waals surface area contributed by atoms with Crippen LogP contribution in [0.2, 0.25) is 0 Å². The third-order valence-corrected chi connectivity index (χ3v) is 5.36. The Morgan fingerprint density at radius 1 is 0.971 bits per heavy atom. The zero-order valence-corrected chi connectivity index (χ0v) is 18.7. The van der Waals surface area contributed by atoms with Crippen LogP contribution in [0.3, 0.4) is 0 Å². The van der Waals surface area contributed by atoms with Crippen molar-refractivity contribution in [2.75, 3.05) is 0 Å². The average Bonchev–Trinajstić information content (AvgIpc) is 3.11. The Kier molecular flexibility index (Phi) is 6.45. The first-order valence-corrected chi connectivity index (χ1v) is 10.6. The lowest BCUT2D eigenvalue weighted by Gasteiger charge is -2.13. The van der Waals surface area contributed by atoms with Gasteiger partial charge in [-0.15, -0.1) is 0 Å². The Morgan fingerprint density at radius 2 is 1.59 bits per heavy atom. The Morgan fingerprint density at radius 3 is 2.24 bits per heavy atom. The Balaban J connectivity index is 0.000000636. The highest BCUT2D eigenvalue weighted by atomic mass is 19.1. The normalized spacial score (nSPS) is 11.8. The molecule has 1 aliphatic heterocycles. The van der Waals surface area contributed by atoms with Crippen molar-refractivity contribution in [3.63, 3.8) is 0 Å². The third-order valence-electron chi connectivity index (χ3n) is 5.36. The number of fused-ring (bicyclic) bond motifs is 3. The van der Waals surface area contributed by atoms with Crippen molar-refractivity contribution in [2.24, 2.45) is 10.7 Å². The van der Waals surface area contributed by atoms with E-state index in [0.29, 0.717) is 17.9 Å². The molecule has 0 spiro atoms. The first-order valence-electron chi connectivity index (χ1n) is 10.6. The number of primary amides is 1. The predicted molar refractivity (Wildman–Crippen MR) is 128 cm³/mol. The second kappa shape index (κ2) is 9.62. The molecule has 6 nitrogen and oxygen atoms in total. The van der Waals surface area contributed by atoms with Crippen molar-refractivity contribution < 1.29 is 18.5 Å². The van der Waals surface area contributed by atoms with Crippen molar-refractivity contribution in [3.05, 3.63) is 101 Å². The summed E-state index contributed by atoms with van der Waals surface area (Å²) in [6.45, 7) is 3.59. The summed E-state index contributed by atoms with van der Waals surface area (Å²) in [7, 11) is 0. The molecule has 2 N–H and O–H groups in total. The highest BCUT2D eigenvalue weighted by molar-refractivity contribution is 6.17. The van der Waals surface area contributed by atoms with E-state index in [1.807, 2.05) is 31.2 Å². The number of amides is 1. The van der Waals surface area contributed by atoms with Gasteiger partial charge in [-0.05, 0) is 53.9 Å². The Labute approximate surface area is 195 Å². The lowest BCUT2D eigenvalue weighted by molar-refractivity contribution is -0.115. The van der Waals surface area contributed by atoms with Crippen LogP contribution in [0.1, 0.15) is 39.9 Å². The summed E-state index contributed by atoms with van der Waals surface area (Å²) in [6.07, 6.45) is 0.830. The fourth-order valence-electron chi connectivity index (χ4n) is 3.85. The average molecular weight is 455 g/mol. The van der Waals surface area contributed by atoms with Gasteiger partial charge in [0.1, 0.15) is 18.6 Å². The van der Waals surface area contributed by atoms with Crippen LogP contribution >= 0.6 is 0 Å². The second-order valence-electron chi connectivity index (χ2n) is 7.85. The molecule has 7 heteroatoms. The van der Waals surface area contributed by atoms with E-state index in [9.17, 15) is 14.0 Å². The lowest BCUT2D eigenvalue weighted by Crippen LogP contribution is -2.05. The predicted octanol–water partition coefficient (Wildman–Crippen LogP) is 5.11. The molecule has 0 saturated heterocycles. The number of benzene rings is 3. The summed E-state index contributed by atoms with van der Waals surface area (Å²) in [4.78, 5) is 25.0. The molecule has 1 aliphatic rings. The summed E-state index contributed by atoms with van der Waals surface area (Å²) in [5.74, 6) is 0.0955. The number of carbonyl (C=O) groups is 2. The van der Waals surface area contributed by atoms with E-state index in [1.54, 1.807) is 24.3 Å². The first-order chi connectivity index (χ1) is 16.4. The summed E-state index contributed by atoms with van der Waals surface area (Å²) >= 11 is 0. The van der Waals surface area contributed by atoms with Gasteiger partial charge >= 0.3 is 0 Å². The monoisotopic (exact) mass is 455 g/mol. The largest absolute Gasteiger partial charge is 0.370 e. The molecule has 4 aromatic rings. The van der Waals surface area contributed by atoms with Gasteiger partial charge in [0.05, 0.1) is 17.0 Å². The molecular formula is C27H22FN3O3. The molecule has 2 heterocycles. The molecule has 5 rings (SSSR count). The van der Waals surface area contributed by atoms with Crippen LogP contribution in [-0.4, -0.2) is 23.1 Å². The van der Waals surface area contributed by atoms with Gasteiger partial charge in [-0.3, -0.25) is 14.6 Å². The van der Waals surface area contributed by atoms with E-state index in [-0.39, 0.29) is 11.7 Å². The second-order valence-corrected chi connectivity index (χ2v) is 7.85. The number of halogens is 1. The van der Waals surface area contributed by atoms with Gasteiger partial charge in [-0.2, -0.15) is 0 Å². The third kappa shape index (κ3) is 4.68. The van der Waals surface area contributed by atoms with Crippen molar-refractivity contribution in [1.82, 2.24) is 5.16 Å². The number of aliphatic imine (C=N–C) groups is 1. The zero-order chi connectivity index (χ0) is 24.2. The van der Waals surface area contributed by atoms with Crippen LogP contribution in [0.15, 0.2) is 76.2 Å². The van der Waals surface area contributed by atoms with E-state index in [0.717, 1.165) is 51.1 Å². The number of nitrogens with zero attached hydrogens (tertiary/aromatic N) is 2. The highest BCUT2D eigenvalue weighted by Gasteiger charge is 2.24. The molecule has 0 saturated carbocycles. The van der Waals surface area contributed by atoms with Crippen LogP contribution in [0.25, 0.3) is 22.3 Å². The zero-order valence-electron chi connectivity index (χ0n) is 18.7. The number of hydrogen-bond donors (Lipinski definition) is 1. The van der Waals surface area contributed by atoms with Crippen molar-refractivity contribution in [3.8, 4) is 22.3 Å². The van der Waals surface area contributed by atoms with E-state index >= 15 is 0 Å². The number of carbonyl (C=O) groups excluding carboxylic acids is 2. The molecule has 0 atom stereocenters. The molecule has 1 aromatic heterocycles. The van der Waals surface area contributed by atoms with Gasteiger partial charge < -0.3 is 10.3 Å². The maximum Gasteiger partial charge on any atom is 0.214 e. The molecule has 34 heavy (non-hydrogen) atoms. The quantitative estimate of drug-likeness (QED) is 0.434. The summed E-state index contributed by atoms with van der Waals surface area (Å²) < 4.78 is 19.0. The molecular weight excluding hydrogens is 433 g/mol. The fourth-order valence-corrected chi connectivity index (χ4v) is 3.85. The minimum Gasteiger partial charge on any atom is -0.370 e. The van der Waals surface area contributed by atoms with Crippen LogP contribution in [0.4, 0.5) is 4.39 Å². The Bertz CT molecular complexity index is 1380. The van der Waals surface area contributed by atoms with Crippen molar-refractivity contribution >= 4 is 17.9 Å². The van der Waals surface area contributed by atoms with E-state index < -0.39 is 0 Å². The number of rotatable bonds is 3. The minimum absolute atomic E-state index is 0.288. The van der Waals surface area contributed by atoms with E-state index in [4.69, 9.17) is 9.52 Å². The summed E-state index contributed by atoms with van der Waals surface area (Å²) in [5.41, 5.74) is 12.4. The topological polar surface area (TPSA) is 98.5 Å². The molecule has 0 aliphatic carbocycles. The number of nitrogens with two attached hydrogens (primary N) is 1. The van der Waals surface area contributed by atoms with Crippen LogP contribution in [-0.2, 0) is 11.3 Å². The number of aryl methyl sites for hydroxylation is 1. The van der Waals surface area contributed by atoms with Gasteiger partial charge in [-0.1, -0.05) is 41.6 Å². The molecule has 1 amide bonds. The minimum atomic E-state index is -0.333. The van der Waals surface area contributed by atoms with Crippen molar-refractivity contribution in [2.45, 2.75) is 20.4 Å². The van der Waals surface area contributed by atoms with E-state index in [1.165, 1.54) is 19.1 Å². The molecule has 0 bridgehead atoms. The standard InChI is InChI=1S/C25H17FN2O2.C2H5NO/c1-15-24-21-11-8-19(17-4-2-16(14-29)3-5-17)12-22(21)25(27-13-23(24)30-28-15)18-6-9-20(26)10-7-18;1-2(3)4/h2-12,14H,13H2,1H3;1H3,(H2,3,4). The van der Waals surface area contributed by atoms with Gasteiger partial charge in [-0.25, -0.2) is 4.39 Å². The molecule has 0 fully saturated rings. The lowest BCUT2D eigenvalue weighted by atomic mass is 9.90. The maximum atomic E-state index is 13.5. The molecule has 0 unspecified atom stereocenters. The smallest absolute Gasteiger partial charge is 0.214 e. The van der Waals surface area contributed by atoms with Crippen LogP contribution in [0, 0.1) is 12.7 Å². The molecule has 3 aromatic carbocycles. The van der Waals surface area contributed by atoms with E-state index in [2.05, 4.69) is 17.0 Å². The van der Waals surface area contributed by atoms with Crippen molar-refractivity contribution in [1.29, 1.82) is 0 Å². The number of aromatic nitrogens is 1. The summed E-state index contributed by atoms with van der Waals surface area (Å²) in [5, 5.41) is 4.12. The molecule has 0 radical (unpaired) electrons.